The van der Waals surface area contributed by atoms with Crippen molar-refractivity contribution in [3.63, 3.8) is 0 Å². The summed E-state index contributed by atoms with van der Waals surface area (Å²) in [4.78, 5) is 0. The highest BCUT2D eigenvalue weighted by molar-refractivity contribution is 8.77. The second-order valence-corrected chi connectivity index (χ2v) is 12.8. The van der Waals surface area contributed by atoms with E-state index in [-0.39, 0.29) is 16.7 Å². The zero-order valence-corrected chi connectivity index (χ0v) is 17.5. The summed E-state index contributed by atoms with van der Waals surface area (Å²) >= 11 is 0. The Hall–Kier alpha value is -0.110. The third-order valence-corrected chi connectivity index (χ3v) is 12.4. The van der Waals surface area contributed by atoms with Gasteiger partial charge in [0, 0.05) is 15.9 Å². The van der Waals surface area contributed by atoms with E-state index in [1.54, 1.807) is 5.57 Å². The lowest BCUT2D eigenvalue weighted by Gasteiger charge is -2.59. The van der Waals surface area contributed by atoms with Gasteiger partial charge in [-0.3, -0.25) is 0 Å². The summed E-state index contributed by atoms with van der Waals surface area (Å²) in [6, 6.07) is 2.65. The van der Waals surface area contributed by atoms with Crippen LogP contribution >= 0.6 is 21.6 Å². The highest BCUT2D eigenvalue weighted by Crippen LogP contribution is 2.68. The molecule has 3 saturated carbocycles. The Balaban J connectivity index is 1.49. The predicted molar refractivity (Wildman–Crippen MR) is 110 cm³/mol. The second-order valence-electron chi connectivity index (χ2n) is 9.92. The van der Waals surface area contributed by atoms with Crippen LogP contribution in [0, 0.1) is 45.8 Å². The number of nitriles is 1. The summed E-state index contributed by atoms with van der Waals surface area (Å²) in [5.74, 6) is 3.64. The minimum absolute atomic E-state index is 0.0635. The molecule has 0 bridgehead atoms. The summed E-state index contributed by atoms with van der Waals surface area (Å²) in [7, 11) is 4.14. The van der Waals surface area contributed by atoms with Crippen LogP contribution in [0.25, 0.3) is 0 Å². The van der Waals surface area contributed by atoms with E-state index in [4.69, 9.17) is 0 Å². The van der Waals surface area contributed by atoms with E-state index in [1.165, 1.54) is 57.1 Å². The largest absolute Gasteiger partial charge is 0.395 e. The van der Waals surface area contributed by atoms with Crippen LogP contribution in [0.3, 0.4) is 0 Å². The highest BCUT2D eigenvalue weighted by Gasteiger charge is 2.61. The number of rotatable bonds is 1. The van der Waals surface area contributed by atoms with Crippen molar-refractivity contribution in [3.8, 4) is 6.07 Å². The van der Waals surface area contributed by atoms with Crippen molar-refractivity contribution in [2.75, 3.05) is 12.4 Å². The van der Waals surface area contributed by atoms with E-state index >= 15 is 0 Å². The third kappa shape index (κ3) is 2.29. The van der Waals surface area contributed by atoms with Gasteiger partial charge < -0.3 is 5.11 Å². The van der Waals surface area contributed by atoms with Crippen LogP contribution in [-0.4, -0.2) is 22.2 Å². The van der Waals surface area contributed by atoms with Gasteiger partial charge in [-0.25, -0.2) is 0 Å². The fraction of sp³-hybridized carbons (Fsp3) is 0.864. The van der Waals surface area contributed by atoms with E-state index in [0.29, 0.717) is 23.2 Å². The average Bonchev–Trinajstić information content (AvgIpc) is 3.25. The summed E-state index contributed by atoms with van der Waals surface area (Å²) < 4.78 is 0.369. The van der Waals surface area contributed by atoms with Crippen LogP contribution < -0.4 is 0 Å². The smallest absolute Gasteiger partial charge is 0.0661 e. The minimum atomic E-state index is 0.0635. The molecule has 4 heteroatoms. The maximum absolute atomic E-state index is 10.6. The first-order valence-corrected chi connectivity index (χ1v) is 12.9. The molecule has 1 heterocycles. The summed E-state index contributed by atoms with van der Waals surface area (Å²) in [6.07, 6.45) is 13.6. The van der Waals surface area contributed by atoms with Gasteiger partial charge in [0.2, 0.25) is 0 Å². The molecule has 1 aliphatic heterocycles. The lowest BCUT2D eigenvalue weighted by Crippen LogP contribution is -2.53. The maximum Gasteiger partial charge on any atom is 0.0661 e. The first-order chi connectivity index (χ1) is 12.6. The number of aliphatic hydroxyl groups is 1. The molecule has 5 aliphatic rings. The van der Waals surface area contributed by atoms with Gasteiger partial charge in [0.05, 0.1) is 18.6 Å². The first-order valence-electron chi connectivity index (χ1n) is 10.6. The quantitative estimate of drug-likeness (QED) is 0.469. The van der Waals surface area contributed by atoms with E-state index in [2.05, 4.69) is 29.9 Å². The summed E-state index contributed by atoms with van der Waals surface area (Å²) in [5.41, 5.74) is 1.91. The molecule has 7 atom stereocenters. The fourth-order valence-electron chi connectivity index (χ4n) is 7.76. The Labute approximate surface area is 166 Å². The SMILES string of the molecule is C[C@]12CC[C@H]3[C@@H](CCC4=CC5(CCSS5)CC[C@@]43CO)[C@@H]1CC[C@@H]2C#N. The molecule has 26 heavy (non-hydrogen) atoms. The molecule has 1 unspecified atom stereocenters. The number of aliphatic hydroxyl groups excluding tert-OH is 1. The van der Waals surface area contributed by atoms with Gasteiger partial charge in [0.15, 0.2) is 0 Å². The molecular formula is C22H31NOS2. The van der Waals surface area contributed by atoms with Crippen molar-refractivity contribution < 1.29 is 5.11 Å². The van der Waals surface area contributed by atoms with Gasteiger partial charge in [-0.05, 0) is 81.0 Å². The standard InChI is InChI=1S/C22H31NOS2/c1-20-7-6-19-17(18(20)5-3-16(20)13-23)4-2-15-12-21(10-11-25-26-21)8-9-22(15,19)14-24/h12,16-19,24H,2-11,14H2,1H3/t16-,17+,18+,19+,20-,21?,22-/m1/s1. The third-order valence-electron chi connectivity index (χ3n) is 9.24. The summed E-state index contributed by atoms with van der Waals surface area (Å²) in [6.45, 7) is 2.76. The van der Waals surface area contributed by atoms with Crippen LogP contribution in [0.4, 0.5) is 0 Å². The van der Waals surface area contributed by atoms with Crippen LogP contribution in [0.1, 0.15) is 64.7 Å². The molecule has 2 nitrogen and oxygen atoms in total. The molecule has 1 spiro atoms. The molecule has 142 valence electrons. The average molecular weight is 390 g/mol. The van der Waals surface area contributed by atoms with Gasteiger partial charge in [0.25, 0.3) is 0 Å². The van der Waals surface area contributed by atoms with Crippen molar-refractivity contribution in [2.24, 2.45) is 34.5 Å². The zero-order valence-electron chi connectivity index (χ0n) is 15.9. The number of hydrogen-bond acceptors (Lipinski definition) is 4. The predicted octanol–water partition coefficient (Wildman–Crippen LogP) is 5.59. The topological polar surface area (TPSA) is 44.0 Å². The number of hydrogen-bond donors (Lipinski definition) is 1. The van der Waals surface area contributed by atoms with Gasteiger partial charge in [-0.1, -0.05) is 40.2 Å². The molecule has 0 aromatic heterocycles. The van der Waals surface area contributed by atoms with Crippen molar-refractivity contribution in [2.45, 2.75) is 69.5 Å². The van der Waals surface area contributed by atoms with Crippen LogP contribution in [0.15, 0.2) is 11.6 Å². The molecule has 1 saturated heterocycles. The Bertz CT molecular complexity index is 664. The van der Waals surface area contributed by atoms with Gasteiger partial charge in [-0.2, -0.15) is 5.26 Å². The van der Waals surface area contributed by atoms with Crippen LogP contribution in [0.2, 0.25) is 0 Å². The van der Waals surface area contributed by atoms with Gasteiger partial charge >= 0.3 is 0 Å². The molecule has 4 fully saturated rings. The van der Waals surface area contributed by atoms with Gasteiger partial charge in [-0.15, -0.1) is 0 Å². The van der Waals surface area contributed by atoms with Crippen molar-refractivity contribution in [3.05, 3.63) is 11.6 Å². The van der Waals surface area contributed by atoms with Crippen molar-refractivity contribution >= 4 is 21.6 Å². The van der Waals surface area contributed by atoms with Crippen LogP contribution in [-0.2, 0) is 0 Å². The zero-order chi connectivity index (χ0) is 18.0. The van der Waals surface area contributed by atoms with E-state index in [9.17, 15) is 10.4 Å². The lowest BCUT2D eigenvalue weighted by molar-refractivity contribution is -0.0708. The molecule has 0 aromatic carbocycles. The molecule has 4 aliphatic carbocycles. The molecular weight excluding hydrogens is 358 g/mol. The van der Waals surface area contributed by atoms with Gasteiger partial charge in [0.1, 0.15) is 0 Å². The maximum atomic E-state index is 10.6. The number of nitrogens with zero attached hydrogens (tertiary/aromatic N) is 1. The van der Waals surface area contributed by atoms with Crippen molar-refractivity contribution in [1.29, 1.82) is 5.26 Å². The molecule has 5 rings (SSSR count). The summed E-state index contributed by atoms with van der Waals surface area (Å²) in [5, 5.41) is 20.3. The molecule has 0 aromatic rings. The van der Waals surface area contributed by atoms with E-state index in [1.807, 2.05) is 10.8 Å². The van der Waals surface area contributed by atoms with Crippen molar-refractivity contribution in [1.82, 2.24) is 0 Å². The first kappa shape index (κ1) is 18.0. The normalized spacial score (nSPS) is 52.7. The second kappa shape index (κ2) is 6.19. The molecule has 0 radical (unpaired) electrons. The van der Waals surface area contributed by atoms with E-state index < -0.39 is 0 Å². The van der Waals surface area contributed by atoms with E-state index in [0.717, 1.165) is 12.3 Å². The Morgan fingerprint density at radius 1 is 1.15 bits per heavy atom. The fourth-order valence-corrected chi connectivity index (χ4v) is 11.1. The highest BCUT2D eigenvalue weighted by atomic mass is 33.1. The van der Waals surface area contributed by atoms with Crippen LogP contribution in [0.5, 0.6) is 0 Å². The number of fused-ring (bicyclic) bond motifs is 5. The molecule has 1 N–H and O–H groups in total. The lowest BCUT2D eigenvalue weighted by atomic mass is 9.46. The Morgan fingerprint density at radius 3 is 2.77 bits per heavy atom. The Morgan fingerprint density at radius 2 is 2.04 bits per heavy atom. The Kier molecular flexibility index (Phi) is 4.28. The molecule has 0 amide bonds. The monoisotopic (exact) mass is 389 g/mol. The minimum Gasteiger partial charge on any atom is -0.395 e.